The normalized spacial score (nSPS) is 29.2. The van der Waals surface area contributed by atoms with Crippen LogP contribution < -0.4 is 5.32 Å². The molecule has 0 spiro atoms. The summed E-state index contributed by atoms with van der Waals surface area (Å²) >= 11 is 0. The summed E-state index contributed by atoms with van der Waals surface area (Å²) in [5.41, 5.74) is 0. The first-order chi connectivity index (χ1) is 10.2. The molecule has 0 aromatic carbocycles. The van der Waals surface area contributed by atoms with Gasteiger partial charge in [-0.2, -0.15) is 5.10 Å². The fourth-order valence-electron chi connectivity index (χ4n) is 3.31. The van der Waals surface area contributed by atoms with E-state index in [1.54, 1.807) is 17.6 Å². The van der Waals surface area contributed by atoms with Gasteiger partial charge in [-0.3, -0.25) is 9.48 Å². The highest BCUT2D eigenvalue weighted by atomic mass is 19.1. The van der Waals surface area contributed by atoms with Crippen molar-refractivity contribution < 1.29 is 9.18 Å². The monoisotopic (exact) mass is 295 g/mol. The summed E-state index contributed by atoms with van der Waals surface area (Å²) < 4.78 is 14.9. The van der Waals surface area contributed by atoms with Gasteiger partial charge in [0.2, 0.25) is 5.91 Å². The number of hydrogen-bond donors (Lipinski definition) is 1. The van der Waals surface area contributed by atoms with Crippen molar-refractivity contribution in [1.82, 2.24) is 25.0 Å². The molecule has 21 heavy (non-hydrogen) atoms. The lowest BCUT2D eigenvalue weighted by atomic mass is 10.1. The molecule has 2 heterocycles. The summed E-state index contributed by atoms with van der Waals surface area (Å²) in [6.07, 6.45) is 6.21. The molecule has 1 aromatic heterocycles. The molecule has 1 saturated carbocycles. The largest absolute Gasteiger partial charge is 0.339 e. The van der Waals surface area contributed by atoms with Gasteiger partial charge in [-0.15, -0.1) is 0 Å². The summed E-state index contributed by atoms with van der Waals surface area (Å²) in [7, 11) is 0. The van der Waals surface area contributed by atoms with Crippen LogP contribution in [0.1, 0.15) is 25.7 Å². The van der Waals surface area contributed by atoms with Crippen molar-refractivity contribution in [3.05, 3.63) is 12.7 Å². The lowest BCUT2D eigenvalue weighted by molar-refractivity contribution is -0.129. The van der Waals surface area contributed by atoms with E-state index in [4.69, 9.17) is 0 Å². The van der Waals surface area contributed by atoms with Gasteiger partial charge in [0.15, 0.2) is 0 Å². The second-order valence-electron chi connectivity index (χ2n) is 6.10. The fourth-order valence-corrected chi connectivity index (χ4v) is 3.31. The number of likely N-dealkylation sites (tertiary alicyclic amines) is 1. The van der Waals surface area contributed by atoms with Crippen molar-refractivity contribution in [2.45, 2.75) is 44.4 Å². The minimum atomic E-state index is -0.840. The minimum Gasteiger partial charge on any atom is -0.339 e. The molecular formula is C14H22FN5O. The topological polar surface area (TPSA) is 63.1 Å². The maximum atomic E-state index is 13.1. The lowest BCUT2D eigenvalue weighted by Gasteiger charge is -2.18. The average Bonchev–Trinajstić information content (AvgIpc) is 3.19. The Labute approximate surface area is 123 Å². The molecule has 0 bridgehead atoms. The number of nitrogens with one attached hydrogen (secondary N) is 1. The van der Waals surface area contributed by atoms with Crippen LogP contribution in [-0.4, -0.2) is 57.4 Å². The Morgan fingerprint density at radius 2 is 2.29 bits per heavy atom. The van der Waals surface area contributed by atoms with Gasteiger partial charge >= 0.3 is 0 Å². The van der Waals surface area contributed by atoms with Crippen molar-refractivity contribution in [2.24, 2.45) is 5.92 Å². The number of hydrogen-bond acceptors (Lipinski definition) is 4. The third-order valence-corrected chi connectivity index (χ3v) is 4.48. The molecule has 0 radical (unpaired) electrons. The summed E-state index contributed by atoms with van der Waals surface area (Å²) in [6, 6.07) is 0.381. The summed E-state index contributed by atoms with van der Waals surface area (Å²) in [6.45, 7) is 2.04. The zero-order valence-electron chi connectivity index (χ0n) is 12.1. The van der Waals surface area contributed by atoms with Gasteiger partial charge in [0.25, 0.3) is 0 Å². The highest BCUT2D eigenvalue weighted by Gasteiger charge is 2.28. The van der Waals surface area contributed by atoms with Gasteiger partial charge in [0.05, 0.1) is 13.1 Å². The molecule has 2 fully saturated rings. The Balaban J connectivity index is 1.38. The molecule has 1 aromatic rings. The van der Waals surface area contributed by atoms with Gasteiger partial charge in [0.1, 0.15) is 18.8 Å². The van der Waals surface area contributed by atoms with E-state index < -0.39 is 6.17 Å². The Hall–Kier alpha value is -1.50. The van der Waals surface area contributed by atoms with Crippen LogP contribution in [0.15, 0.2) is 12.7 Å². The fraction of sp³-hybridized carbons (Fsp3) is 0.786. The van der Waals surface area contributed by atoms with Crippen molar-refractivity contribution in [2.75, 3.05) is 19.6 Å². The van der Waals surface area contributed by atoms with E-state index in [-0.39, 0.29) is 12.5 Å². The molecule has 1 N–H and O–H groups in total. The van der Waals surface area contributed by atoms with E-state index in [0.29, 0.717) is 31.5 Å². The maximum absolute atomic E-state index is 13.1. The number of nitrogens with zero attached hydrogens (tertiary/aromatic N) is 4. The van der Waals surface area contributed by atoms with Crippen LogP contribution in [-0.2, 0) is 11.3 Å². The molecule has 6 nitrogen and oxygen atoms in total. The first kappa shape index (κ1) is 14.4. The summed E-state index contributed by atoms with van der Waals surface area (Å²) in [5, 5.41) is 7.45. The second-order valence-corrected chi connectivity index (χ2v) is 6.10. The van der Waals surface area contributed by atoms with Crippen LogP contribution >= 0.6 is 0 Å². The van der Waals surface area contributed by atoms with Crippen molar-refractivity contribution in [3.63, 3.8) is 0 Å². The van der Waals surface area contributed by atoms with E-state index in [0.717, 1.165) is 25.8 Å². The maximum Gasteiger partial charge on any atom is 0.236 e. The zero-order valence-corrected chi connectivity index (χ0v) is 12.1. The predicted molar refractivity (Wildman–Crippen MR) is 75.2 cm³/mol. The molecule has 7 heteroatoms. The molecule has 1 aliphatic carbocycles. The minimum absolute atomic E-state index is 0.0230. The summed E-state index contributed by atoms with van der Waals surface area (Å²) in [4.78, 5) is 17.5. The number of carbonyl (C=O) groups excluding carboxylic acids is 1. The van der Waals surface area contributed by atoms with Gasteiger partial charge in [-0.1, -0.05) is 0 Å². The third-order valence-electron chi connectivity index (χ3n) is 4.48. The predicted octanol–water partition coefficient (Wildman–Crippen LogP) is 0.607. The smallest absolute Gasteiger partial charge is 0.236 e. The van der Waals surface area contributed by atoms with Crippen LogP contribution in [0, 0.1) is 5.92 Å². The van der Waals surface area contributed by atoms with Crippen LogP contribution in [0.3, 0.4) is 0 Å². The summed E-state index contributed by atoms with van der Waals surface area (Å²) in [5.74, 6) is 0.608. The number of alkyl halides is 1. The first-order valence-corrected chi connectivity index (χ1v) is 7.68. The van der Waals surface area contributed by atoms with E-state index in [1.807, 2.05) is 4.68 Å². The van der Waals surface area contributed by atoms with E-state index in [2.05, 4.69) is 15.4 Å². The van der Waals surface area contributed by atoms with E-state index in [1.165, 1.54) is 0 Å². The Morgan fingerprint density at radius 1 is 1.38 bits per heavy atom. The molecular weight excluding hydrogens is 273 g/mol. The highest BCUT2D eigenvalue weighted by molar-refractivity contribution is 5.78. The SMILES string of the molecule is O=C(CN[C@H]1CC[C@H](Cn2cncn2)C1)N1CC[C@H](F)C1. The zero-order chi connectivity index (χ0) is 14.7. The van der Waals surface area contributed by atoms with E-state index in [9.17, 15) is 9.18 Å². The van der Waals surface area contributed by atoms with Crippen LogP contribution in [0.4, 0.5) is 4.39 Å². The Morgan fingerprint density at radius 3 is 3.00 bits per heavy atom. The molecule has 3 atom stereocenters. The number of amides is 1. The van der Waals surface area contributed by atoms with Gasteiger partial charge < -0.3 is 10.2 Å². The van der Waals surface area contributed by atoms with Gasteiger partial charge in [-0.05, 0) is 31.6 Å². The van der Waals surface area contributed by atoms with Crippen molar-refractivity contribution in [1.29, 1.82) is 0 Å². The number of halogens is 1. The molecule has 0 unspecified atom stereocenters. The van der Waals surface area contributed by atoms with Crippen molar-refractivity contribution >= 4 is 5.91 Å². The van der Waals surface area contributed by atoms with E-state index >= 15 is 0 Å². The van der Waals surface area contributed by atoms with Crippen LogP contribution in [0.5, 0.6) is 0 Å². The lowest BCUT2D eigenvalue weighted by Crippen LogP contribution is -2.40. The Bertz CT molecular complexity index is 466. The van der Waals surface area contributed by atoms with Crippen LogP contribution in [0.2, 0.25) is 0 Å². The molecule has 116 valence electrons. The third kappa shape index (κ3) is 3.78. The number of rotatable bonds is 5. The standard InChI is InChI=1S/C14H22FN5O/c15-12-3-4-19(8-12)14(21)6-17-13-2-1-11(5-13)7-20-10-16-9-18-20/h9-13,17H,1-8H2/t11-,12-,13-/m0/s1. The van der Waals surface area contributed by atoms with Gasteiger partial charge in [-0.25, -0.2) is 9.37 Å². The molecule has 1 aliphatic heterocycles. The average molecular weight is 295 g/mol. The first-order valence-electron chi connectivity index (χ1n) is 7.68. The Kier molecular flexibility index (Phi) is 4.48. The molecule has 3 rings (SSSR count). The van der Waals surface area contributed by atoms with Crippen molar-refractivity contribution in [3.8, 4) is 0 Å². The second kappa shape index (κ2) is 6.51. The van der Waals surface area contributed by atoms with Crippen LogP contribution in [0.25, 0.3) is 0 Å². The highest BCUT2D eigenvalue weighted by Crippen LogP contribution is 2.26. The van der Waals surface area contributed by atoms with Gasteiger partial charge in [0, 0.05) is 19.1 Å². The number of carbonyl (C=O) groups is 1. The molecule has 1 saturated heterocycles. The number of aromatic nitrogens is 3. The molecule has 2 aliphatic rings. The quantitative estimate of drug-likeness (QED) is 0.864. The molecule has 1 amide bonds.